The Bertz CT molecular complexity index is 452. The molecule has 0 unspecified atom stereocenters. The number of hydrogen-bond acceptors (Lipinski definition) is 2. The molecular weight excluding hydrogens is 198 g/mol. The number of aromatic nitrogens is 2. The van der Waals surface area contributed by atoms with E-state index in [1.54, 1.807) is 6.33 Å². The SMILES string of the molecule is NC1CC(c2ccc(-c3cnc[nH]3)cc2)C1. The van der Waals surface area contributed by atoms with Crippen LogP contribution in [0, 0.1) is 0 Å². The second-order valence-corrected chi connectivity index (χ2v) is 4.52. The minimum Gasteiger partial charge on any atom is -0.345 e. The summed E-state index contributed by atoms with van der Waals surface area (Å²) in [6, 6.07) is 9.11. The van der Waals surface area contributed by atoms with Crippen LogP contribution in [0.1, 0.15) is 24.3 Å². The number of rotatable bonds is 2. The summed E-state index contributed by atoms with van der Waals surface area (Å²) in [5.41, 5.74) is 9.46. The summed E-state index contributed by atoms with van der Waals surface area (Å²) in [5.74, 6) is 0.672. The van der Waals surface area contributed by atoms with Crippen LogP contribution in [0.2, 0.25) is 0 Å². The molecule has 0 amide bonds. The number of benzene rings is 1. The van der Waals surface area contributed by atoms with Gasteiger partial charge in [-0.05, 0) is 29.9 Å². The van der Waals surface area contributed by atoms with Crippen molar-refractivity contribution in [1.29, 1.82) is 0 Å². The van der Waals surface area contributed by atoms with E-state index >= 15 is 0 Å². The lowest BCUT2D eigenvalue weighted by Gasteiger charge is -2.32. The molecule has 3 rings (SSSR count). The van der Waals surface area contributed by atoms with Crippen molar-refractivity contribution in [2.75, 3.05) is 0 Å². The molecule has 3 heteroatoms. The van der Waals surface area contributed by atoms with Gasteiger partial charge in [0.1, 0.15) is 0 Å². The van der Waals surface area contributed by atoms with Gasteiger partial charge in [-0.15, -0.1) is 0 Å². The Morgan fingerprint density at radius 1 is 1.19 bits per heavy atom. The zero-order valence-corrected chi connectivity index (χ0v) is 9.06. The Hall–Kier alpha value is -1.61. The molecule has 0 bridgehead atoms. The highest BCUT2D eigenvalue weighted by Crippen LogP contribution is 2.36. The third-order valence-corrected chi connectivity index (χ3v) is 3.37. The van der Waals surface area contributed by atoms with Gasteiger partial charge in [-0.1, -0.05) is 24.3 Å². The summed E-state index contributed by atoms with van der Waals surface area (Å²) in [5, 5.41) is 0. The van der Waals surface area contributed by atoms with Gasteiger partial charge in [0.15, 0.2) is 0 Å². The fourth-order valence-corrected chi connectivity index (χ4v) is 2.28. The maximum atomic E-state index is 5.80. The summed E-state index contributed by atoms with van der Waals surface area (Å²) < 4.78 is 0. The highest BCUT2D eigenvalue weighted by Gasteiger charge is 2.26. The highest BCUT2D eigenvalue weighted by molar-refractivity contribution is 5.58. The highest BCUT2D eigenvalue weighted by atomic mass is 14.9. The van der Waals surface area contributed by atoms with Crippen molar-refractivity contribution in [1.82, 2.24) is 9.97 Å². The van der Waals surface area contributed by atoms with E-state index in [1.165, 1.54) is 11.1 Å². The predicted octanol–water partition coefficient (Wildman–Crippen LogP) is 2.28. The van der Waals surface area contributed by atoms with Crippen molar-refractivity contribution in [2.24, 2.45) is 5.73 Å². The maximum absolute atomic E-state index is 5.80. The van der Waals surface area contributed by atoms with E-state index in [9.17, 15) is 0 Å². The van der Waals surface area contributed by atoms with Gasteiger partial charge in [0, 0.05) is 6.04 Å². The molecule has 0 radical (unpaired) electrons. The van der Waals surface area contributed by atoms with Crippen LogP contribution >= 0.6 is 0 Å². The molecule has 1 saturated carbocycles. The molecule has 1 aromatic carbocycles. The summed E-state index contributed by atoms with van der Waals surface area (Å²) in [7, 11) is 0. The molecule has 0 atom stereocenters. The van der Waals surface area contributed by atoms with Crippen LogP contribution in [0.3, 0.4) is 0 Å². The Morgan fingerprint density at radius 2 is 1.94 bits per heavy atom. The summed E-state index contributed by atoms with van der Waals surface area (Å²) in [6.45, 7) is 0. The quantitative estimate of drug-likeness (QED) is 0.804. The lowest BCUT2D eigenvalue weighted by atomic mass is 9.76. The van der Waals surface area contributed by atoms with Crippen molar-refractivity contribution in [3.63, 3.8) is 0 Å². The number of nitrogens with zero attached hydrogens (tertiary/aromatic N) is 1. The topological polar surface area (TPSA) is 54.7 Å². The molecule has 0 saturated heterocycles. The minimum absolute atomic E-state index is 0.414. The van der Waals surface area contributed by atoms with Crippen LogP contribution in [0.4, 0.5) is 0 Å². The molecule has 2 aromatic rings. The lowest BCUT2D eigenvalue weighted by Crippen LogP contribution is -2.34. The number of aromatic amines is 1. The molecule has 1 aliphatic rings. The van der Waals surface area contributed by atoms with Crippen LogP contribution in [0.25, 0.3) is 11.3 Å². The summed E-state index contributed by atoms with van der Waals surface area (Å²) >= 11 is 0. The number of imidazole rings is 1. The van der Waals surface area contributed by atoms with E-state index in [0.717, 1.165) is 18.5 Å². The van der Waals surface area contributed by atoms with E-state index in [0.29, 0.717) is 12.0 Å². The van der Waals surface area contributed by atoms with Crippen molar-refractivity contribution in [3.8, 4) is 11.3 Å². The number of nitrogens with one attached hydrogen (secondary N) is 1. The Balaban J connectivity index is 1.80. The van der Waals surface area contributed by atoms with E-state index in [1.807, 2.05) is 6.20 Å². The van der Waals surface area contributed by atoms with Gasteiger partial charge in [-0.2, -0.15) is 0 Å². The first-order valence-electron chi connectivity index (χ1n) is 5.67. The first kappa shape index (κ1) is 9.60. The van der Waals surface area contributed by atoms with Gasteiger partial charge in [-0.25, -0.2) is 4.98 Å². The molecule has 1 aromatic heterocycles. The van der Waals surface area contributed by atoms with E-state index < -0.39 is 0 Å². The van der Waals surface area contributed by atoms with Crippen molar-refractivity contribution < 1.29 is 0 Å². The molecule has 0 aliphatic heterocycles. The average Bonchev–Trinajstić information content (AvgIpc) is 2.79. The summed E-state index contributed by atoms with van der Waals surface area (Å²) in [4.78, 5) is 7.13. The Morgan fingerprint density at radius 3 is 2.50 bits per heavy atom. The van der Waals surface area contributed by atoms with E-state index in [4.69, 9.17) is 5.73 Å². The normalized spacial score (nSPS) is 24.1. The monoisotopic (exact) mass is 213 g/mol. The average molecular weight is 213 g/mol. The molecule has 0 spiro atoms. The van der Waals surface area contributed by atoms with Crippen LogP contribution in [0.5, 0.6) is 0 Å². The second-order valence-electron chi connectivity index (χ2n) is 4.52. The molecular formula is C13H15N3. The smallest absolute Gasteiger partial charge is 0.0924 e. The van der Waals surface area contributed by atoms with Crippen LogP contribution < -0.4 is 5.73 Å². The molecule has 82 valence electrons. The van der Waals surface area contributed by atoms with Crippen molar-refractivity contribution in [2.45, 2.75) is 24.8 Å². The molecule has 16 heavy (non-hydrogen) atoms. The van der Waals surface area contributed by atoms with Crippen LogP contribution in [-0.4, -0.2) is 16.0 Å². The summed E-state index contributed by atoms with van der Waals surface area (Å²) in [6.07, 6.45) is 5.80. The largest absolute Gasteiger partial charge is 0.345 e. The second kappa shape index (κ2) is 3.76. The molecule has 1 fully saturated rings. The number of hydrogen-bond donors (Lipinski definition) is 2. The fourth-order valence-electron chi connectivity index (χ4n) is 2.28. The van der Waals surface area contributed by atoms with Gasteiger partial charge >= 0.3 is 0 Å². The molecule has 1 aliphatic carbocycles. The van der Waals surface area contributed by atoms with Crippen molar-refractivity contribution in [3.05, 3.63) is 42.4 Å². The number of H-pyrrole nitrogens is 1. The van der Waals surface area contributed by atoms with Crippen LogP contribution in [0.15, 0.2) is 36.8 Å². The van der Waals surface area contributed by atoms with Crippen LogP contribution in [-0.2, 0) is 0 Å². The Labute approximate surface area is 94.7 Å². The predicted molar refractivity (Wildman–Crippen MR) is 64.0 cm³/mol. The molecule has 3 N–H and O–H groups in total. The first-order chi connectivity index (χ1) is 7.83. The number of nitrogens with two attached hydrogens (primary N) is 1. The molecule has 3 nitrogen and oxygen atoms in total. The first-order valence-corrected chi connectivity index (χ1v) is 5.67. The van der Waals surface area contributed by atoms with Crippen molar-refractivity contribution >= 4 is 0 Å². The maximum Gasteiger partial charge on any atom is 0.0924 e. The molecule has 1 heterocycles. The Kier molecular flexibility index (Phi) is 2.26. The van der Waals surface area contributed by atoms with E-state index in [-0.39, 0.29) is 0 Å². The van der Waals surface area contributed by atoms with Gasteiger partial charge < -0.3 is 10.7 Å². The third-order valence-electron chi connectivity index (χ3n) is 3.37. The standard InChI is InChI=1S/C13H15N3/c14-12-5-11(6-12)9-1-3-10(4-2-9)13-7-15-8-16-13/h1-4,7-8,11-12H,5-6,14H2,(H,15,16). The zero-order chi connectivity index (χ0) is 11.0. The van der Waals surface area contributed by atoms with Gasteiger partial charge in [-0.3, -0.25) is 0 Å². The van der Waals surface area contributed by atoms with Gasteiger partial charge in [0.05, 0.1) is 18.2 Å². The minimum atomic E-state index is 0.414. The lowest BCUT2D eigenvalue weighted by molar-refractivity contribution is 0.351. The van der Waals surface area contributed by atoms with E-state index in [2.05, 4.69) is 34.2 Å². The third kappa shape index (κ3) is 1.63. The van der Waals surface area contributed by atoms with Gasteiger partial charge in [0.25, 0.3) is 0 Å². The van der Waals surface area contributed by atoms with Gasteiger partial charge in [0.2, 0.25) is 0 Å². The fraction of sp³-hybridized carbons (Fsp3) is 0.308. The zero-order valence-electron chi connectivity index (χ0n) is 9.06.